The minimum absolute atomic E-state index is 0.110. The molecule has 3 N–H and O–H groups in total. The Balaban J connectivity index is 2.60. The molecule has 0 bridgehead atoms. The number of nitrogens with two attached hydrogens (primary N) is 1. The third kappa shape index (κ3) is 7.33. The molecule has 0 aliphatic heterocycles. The van der Waals surface area contributed by atoms with Crippen molar-refractivity contribution >= 4 is 21.8 Å². The summed E-state index contributed by atoms with van der Waals surface area (Å²) in [4.78, 5) is 11.3. The predicted molar refractivity (Wildman–Crippen MR) is 76.1 cm³/mol. The molecule has 118 valence electrons. The first-order chi connectivity index (χ1) is 9.67. The highest BCUT2D eigenvalue weighted by atomic mass is 79.9. The lowest BCUT2D eigenvalue weighted by molar-refractivity contribution is -0.139. The van der Waals surface area contributed by atoms with Crippen LogP contribution in [0.2, 0.25) is 0 Å². The van der Waals surface area contributed by atoms with E-state index in [1.165, 1.54) is 0 Å². The van der Waals surface area contributed by atoms with Gasteiger partial charge in [0.2, 0.25) is 0 Å². The fourth-order valence-electron chi connectivity index (χ4n) is 1.59. The zero-order chi connectivity index (χ0) is 16.0. The van der Waals surface area contributed by atoms with Crippen LogP contribution in [-0.2, 0) is 11.2 Å². The second-order valence-electron chi connectivity index (χ2n) is 4.61. The number of carbonyl (C=O) groups is 1. The van der Waals surface area contributed by atoms with E-state index in [0.717, 1.165) is 10.0 Å². The largest absolute Gasteiger partial charge is 0.483 e. The number of ether oxygens (including phenoxy) is 1. The molecule has 1 rings (SSSR count). The number of rotatable bonds is 6. The molecule has 1 aromatic rings. The highest BCUT2D eigenvalue weighted by molar-refractivity contribution is 9.10. The Labute approximate surface area is 129 Å². The summed E-state index contributed by atoms with van der Waals surface area (Å²) < 4.78 is 42.0. The normalized spacial score (nSPS) is 12.9. The molecule has 0 aliphatic rings. The number of nitrogens with one attached hydrogen (secondary N) is 1. The lowest BCUT2D eigenvalue weighted by atomic mass is 10.1. The molecule has 4 nitrogen and oxygen atoms in total. The van der Waals surface area contributed by atoms with Crippen molar-refractivity contribution in [2.45, 2.75) is 25.6 Å². The molecule has 0 saturated carbocycles. The van der Waals surface area contributed by atoms with Gasteiger partial charge < -0.3 is 15.8 Å². The van der Waals surface area contributed by atoms with Crippen LogP contribution in [-0.4, -0.2) is 31.3 Å². The maximum absolute atomic E-state index is 12.0. The van der Waals surface area contributed by atoms with Gasteiger partial charge in [-0.1, -0.05) is 15.9 Å². The monoisotopic (exact) mass is 368 g/mol. The first-order valence-electron chi connectivity index (χ1n) is 6.17. The third-order valence-corrected chi connectivity index (χ3v) is 2.90. The second-order valence-corrected chi connectivity index (χ2v) is 5.53. The summed E-state index contributed by atoms with van der Waals surface area (Å²) in [6.07, 6.45) is -3.91. The molecule has 0 saturated heterocycles. The fourth-order valence-corrected chi connectivity index (χ4v) is 2.00. The summed E-state index contributed by atoms with van der Waals surface area (Å²) in [5.41, 5.74) is 6.50. The Kier molecular flexibility index (Phi) is 6.47. The summed E-state index contributed by atoms with van der Waals surface area (Å²) >= 11 is 3.31. The number of carbonyl (C=O) groups excluding carboxylic acids is 1. The van der Waals surface area contributed by atoms with Gasteiger partial charge in [-0.15, -0.1) is 0 Å². The Morgan fingerprint density at radius 2 is 2.14 bits per heavy atom. The fraction of sp³-hybridized carbons (Fsp3) is 0.462. The van der Waals surface area contributed by atoms with E-state index in [4.69, 9.17) is 10.5 Å². The van der Waals surface area contributed by atoms with E-state index in [1.807, 2.05) is 6.92 Å². The topological polar surface area (TPSA) is 64.3 Å². The Bertz CT molecular complexity index is 493. The standard InChI is InChI=1S/C13H16BrF3N2O2/c1-8(18)4-9-5-10(14)2-3-11(9)21-6-12(20)19-7-13(15,16)17/h2-3,5,8H,4,6-7,18H2,1H3,(H,19,20). The summed E-state index contributed by atoms with van der Waals surface area (Å²) in [6, 6.07) is 5.04. The SMILES string of the molecule is CC(N)Cc1cc(Br)ccc1OCC(=O)NCC(F)(F)F. The maximum atomic E-state index is 12.0. The molecule has 1 unspecified atom stereocenters. The zero-order valence-electron chi connectivity index (χ0n) is 11.3. The Morgan fingerprint density at radius 3 is 2.71 bits per heavy atom. The van der Waals surface area contributed by atoms with Gasteiger partial charge in [-0.25, -0.2) is 0 Å². The zero-order valence-corrected chi connectivity index (χ0v) is 12.9. The molecule has 1 aromatic carbocycles. The van der Waals surface area contributed by atoms with E-state index >= 15 is 0 Å². The van der Waals surface area contributed by atoms with Gasteiger partial charge in [-0.05, 0) is 37.1 Å². The molecule has 1 amide bonds. The van der Waals surface area contributed by atoms with Crippen LogP contribution in [0.5, 0.6) is 5.75 Å². The number of alkyl halides is 3. The summed E-state index contributed by atoms with van der Waals surface area (Å²) in [7, 11) is 0. The summed E-state index contributed by atoms with van der Waals surface area (Å²) in [6.45, 7) is -0.0351. The average molecular weight is 369 g/mol. The van der Waals surface area contributed by atoms with Gasteiger partial charge in [0.15, 0.2) is 6.61 Å². The molecule has 0 fully saturated rings. The first-order valence-corrected chi connectivity index (χ1v) is 6.97. The van der Waals surface area contributed by atoms with Crippen molar-refractivity contribution < 1.29 is 22.7 Å². The van der Waals surface area contributed by atoms with Crippen molar-refractivity contribution in [2.75, 3.05) is 13.2 Å². The van der Waals surface area contributed by atoms with Crippen molar-refractivity contribution in [2.24, 2.45) is 5.73 Å². The van der Waals surface area contributed by atoms with Crippen molar-refractivity contribution in [3.8, 4) is 5.75 Å². The number of halogens is 4. The van der Waals surface area contributed by atoms with Gasteiger partial charge in [-0.2, -0.15) is 13.2 Å². The third-order valence-electron chi connectivity index (χ3n) is 2.41. The molecule has 1 atom stereocenters. The smallest absolute Gasteiger partial charge is 0.405 e. The predicted octanol–water partition coefficient (Wildman–Crippen LogP) is 2.40. The van der Waals surface area contributed by atoms with E-state index < -0.39 is 25.2 Å². The minimum atomic E-state index is -4.44. The number of amides is 1. The maximum Gasteiger partial charge on any atom is 0.405 e. The lowest BCUT2D eigenvalue weighted by Gasteiger charge is -2.14. The summed E-state index contributed by atoms with van der Waals surface area (Å²) in [5, 5.41) is 1.74. The van der Waals surface area contributed by atoms with E-state index in [9.17, 15) is 18.0 Å². The van der Waals surface area contributed by atoms with Gasteiger partial charge in [0, 0.05) is 10.5 Å². The van der Waals surface area contributed by atoms with Gasteiger partial charge in [0.05, 0.1) is 0 Å². The van der Waals surface area contributed by atoms with Gasteiger partial charge in [-0.3, -0.25) is 4.79 Å². The molecule has 8 heteroatoms. The molecule has 0 aromatic heterocycles. The van der Waals surface area contributed by atoms with Gasteiger partial charge in [0.1, 0.15) is 12.3 Å². The van der Waals surface area contributed by atoms with Crippen molar-refractivity contribution in [3.63, 3.8) is 0 Å². The van der Waals surface area contributed by atoms with Crippen LogP contribution in [0.25, 0.3) is 0 Å². The number of hydrogen-bond donors (Lipinski definition) is 2. The van der Waals surface area contributed by atoms with Crippen LogP contribution >= 0.6 is 15.9 Å². The molecule has 21 heavy (non-hydrogen) atoms. The van der Waals surface area contributed by atoms with Crippen LogP contribution in [0.1, 0.15) is 12.5 Å². The first kappa shape index (κ1) is 17.8. The van der Waals surface area contributed by atoms with Crippen LogP contribution in [0.4, 0.5) is 13.2 Å². The molecular formula is C13H16BrF3N2O2. The van der Waals surface area contributed by atoms with Crippen LogP contribution in [0, 0.1) is 0 Å². The Morgan fingerprint density at radius 1 is 1.48 bits per heavy atom. The average Bonchev–Trinajstić information content (AvgIpc) is 2.34. The highest BCUT2D eigenvalue weighted by Crippen LogP contribution is 2.24. The summed E-state index contributed by atoms with van der Waals surface area (Å²) in [5.74, 6) is -0.403. The van der Waals surface area contributed by atoms with E-state index in [2.05, 4.69) is 15.9 Å². The van der Waals surface area contributed by atoms with Gasteiger partial charge in [0.25, 0.3) is 5.91 Å². The molecule has 0 spiro atoms. The van der Waals surface area contributed by atoms with Crippen molar-refractivity contribution in [3.05, 3.63) is 28.2 Å². The molecular weight excluding hydrogens is 353 g/mol. The second kappa shape index (κ2) is 7.65. The highest BCUT2D eigenvalue weighted by Gasteiger charge is 2.27. The molecule has 0 heterocycles. The van der Waals surface area contributed by atoms with E-state index in [1.54, 1.807) is 23.5 Å². The minimum Gasteiger partial charge on any atom is -0.483 e. The van der Waals surface area contributed by atoms with Crippen LogP contribution in [0.15, 0.2) is 22.7 Å². The quantitative estimate of drug-likeness (QED) is 0.810. The van der Waals surface area contributed by atoms with E-state index in [-0.39, 0.29) is 6.04 Å². The van der Waals surface area contributed by atoms with Gasteiger partial charge >= 0.3 is 6.18 Å². The Hall–Kier alpha value is -1.28. The van der Waals surface area contributed by atoms with Crippen LogP contribution < -0.4 is 15.8 Å². The number of benzene rings is 1. The number of hydrogen-bond acceptors (Lipinski definition) is 3. The van der Waals surface area contributed by atoms with Crippen LogP contribution in [0.3, 0.4) is 0 Å². The molecule has 0 aliphatic carbocycles. The lowest BCUT2D eigenvalue weighted by Crippen LogP contribution is -2.36. The van der Waals surface area contributed by atoms with Crippen molar-refractivity contribution in [1.29, 1.82) is 0 Å². The van der Waals surface area contributed by atoms with Crippen molar-refractivity contribution in [1.82, 2.24) is 5.32 Å². The van der Waals surface area contributed by atoms with E-state index in [0.29, 0.717) is 12.2 Å². The molecule has 0 radical (unpaired) electrons.